The minimum absolute atomic E-state index is 0.162. The average Bonchev–Trinajstić information content (AvgIpc) is 3.21. The number of likely N-dealkylation sites (tertiary alicyclic amines) is 2. The lowest BCUT2D eigenvalue weighted by atomic mass is 9.72. The van der Waals surface area contributed by atoms with Gasteiger partial charge in [0.05, 0.1) is 6.42 Å². The van der Waals surface area contributed by atoms with Gasteiger partial charge in [0, 0.05) is 32.1 Å². The molecule has 0 aromatic heterocycles. The Labute approximate surface area is 161 Å². The zero-order valence-corrected chi connectivity index (χ0v) is 16.0. The fourth-order valence-electron chi connectivity index (χ4n) is 5.13. The molecule has 1 aliphatic carbocycles. The van der Waals surface area contributed by atoms with Gasteiger partial charge in [-0.05, 0) is 55.2 Å². The average molecular weight is 370 g/mol. The summed E-state index contributed by atoms with van der Waals surface area (Å²) in [5, 5.41) is 9.38. The largest absolute Gasteiger partial charge is 0.508 e. The summed E-state index contributed by atoms with van der Waals surface area (Å²) >= 11 is 0. The molecule has 2 aliphatic heterocycles. The number of phenolic OH excluding ortho intramolecular Hbond substituents is 1. The first-order chi connectivity index (χ1) is 13.0. The lowest BCUT2D eigenvalue weighted by molar-refractivity contribution is -0.144. The van der Waals surface area contributed by atoms with E-state index in [1.807, 2.05) is 17.0 Å². The van der Waals surface area contributed by atoms with Gasteiger partial charge in [0.2, 0.25) is 11.8 Å². The molecule has 0 unspecified atom stereocenters. The van der Waals surface area contributed by atoms with E-state index in [9.17, 15) is 14.7 Å². The molecule has 5 heteroatoms. The molecule has 1 aromatic carbocycles. The van der Waals surface area contributed by atoms with Crippen LogP contribution in [-0.4, -0.2) is 52.4 Å². The van der Waals surface area contributed by atoms with Crippen molar-refractivity contribution in [3.8, 4) is 5.75 Å². The fraction of sp³-hybridized carbons (Fsp3) is 0.636. The zero-order valence-electron chi connectivity index (χ0n) is 16.0. The van der Waals surface area contributed by atoms with Gasteiger partial charge >= 0.3 is 0 Å². The highest BCUT2D eigenvalue weighted by atomic mass is 16.3. The van der Waals surface area contributed by atoms with Gasteiger partial charge in [-0.25, -0.2) is 0 Å². The van der Waals surface area contributed by atoms with Crippen LogP contribution >= 0.6 is 0 Å². The summed E-state index contributed by atoms with van der Waals surface area (Å²) in [6, 6.07) is 7.34. The molecule has 1 aromatic rings. The van der Waals surface area contributed by atoms with Gasteiger partial charge in [0.15, 0.2) is 0 Å². The molecule has 2 saturated heterocycles. The van der Waals surface area contributed by atoms with Crippen LogP contribution in [0.1, 0.15) is 56.9 Å². The van der Waals surface area contributed by atoms with E-state index in [0.29, 0.717) is 24.8 Å². The van der Waals surface area contributed by atoms with Crippen LogP contribution in [0.25, 0.3) is 0 Å². The third-order valence-electron chi connectivity index (χ3n) is 6.93. The Morgan fingerprint density at radius 1 is 1.07 bits per heavy atom. The topological polar surface area (TPSA) is 60.9 Å². The first kappa shape index (κ1) is 18.3. The number of phenols is 1. The highest BCUT2D eigenvalue weighted by molar-refractivity contribution is 5.79. The molecule has 1 spiro atoms. The second kappa shape index (κ2) is 7.53. The monoisotopic (exact) mass is 370 g/mol. The van der Waals surface area contributed by atoms with E-state index in [1.54, 1.807) is 12.1 Å². The normalized spacial score (nSPS) is 23.2. The molecule has 1 saturated carbocycles. The Bertz CT molecular complexity index is 686. The van der Waals surface area contributed by atoms with Crippen molar-refractivity contribution in [2.45, 2.75) is 63.8 Å². The lowest BCUT2D eigenvalue weighted by Gasteiger charge is -2.49. The molecule has 4 rings (SSSR count). The van der Waals surface area contributed by atoms with E-state index in [-0.39, 0.29) is 17.1 Å². The second-order valence-electron chi connectivity index (χ2n) is 8.68. The molecule has 2 heterocycles. The summed E-state index contributed by atoms with van der Waals surface area (Å²) in [4.78, 5) is 29.3. The van der Waals surface area contributed by atoms with Gasteiger partial charge < -0.3 is 14.9 Å². The molecule has 0 bridgehead atoms. The molecule has 1 N–H and O–H groups in total. The van der Waals surface area contributed by atoms with Gasteiger partial charge in [-0.2, -0.15) is 0 Å². The zero-order chi connectivity index (χ0) is 18.9. The first-order valence-corrected chi connectivity index (χ1v) is 10.4. The van der Waals surface area contributed by atoms with Gasteiger partial charge in [0.25, 0.3) is 0 Å². The van der Waals surface area contributed by atoms with Crippen LogP contribution in [0.4, 0.5) is 0 Å². The molecule has 27 heavy (non-hydrogen) atoms. The predicted octanol–water partition coefficient (Wildman–Crippen LogP) is 3.11. The third kappa shape index (κ3) is 3.97. The minimum atomic E-state index is 0.162. The van der Waals surface area contributed by atoms with Crippen molar-refractivity contribution in [1.82, 2.24) is 9.80 Å². The summed E-state index contributed by atoms with van der Waals surface area (Å²) in [6.07, 6.45) is 8.89. The number of hydrogen-bond acceptors (Lipinski definition) is 3. The summed E-state index contributed by atoms with van der Waals surface area (Å²) in [5.74, 6) is 0.734. The van der Waals surface area contributed by atoms with Crippen molar-refractivity contribution in [2.24, 2.45) is 5.41 Å². The van der Waals surface area contributed by atoms with E-state index < -0.39 is 0 Å². The molecule has 146 valence electrons. The molecule has 3 aliphatic rings. The maximum absolute atomic E-state index is 12.6. The Hall–Kier alpha value is -2.04. The Balaban J connectivity index is 1.34. The van der Waals surface area contributed by atoms with Crippen LogP contribution in [0.15, 0.2) is 24.3 Å². The molecule has 5 nitrogen and oxygen atoms in total. The summed E-state index contributed by atoms with van der Waals surface area (Å²) in [5.41, 5.74) is 1.15. The third-order valence-corrected chi connectivity index (χ3v) is 6.93. The van der Waals surface area contributed by atoms with Crippen LogP contribution < -0.4 is 0 Å². The second-order valence-corrected chi connectivity index (χ2v) is 8.68. The number of nitrogens with zero attached hydrogens (tertiary/aromatic N) is 2. The minimum Gasteiger partial charge on any atom is -0.508 e. The van der Waals surface area contributed by atoms with Crippen molar-refractivity contribution >= 4 is 11.8 Å². The van der Waals surface area contributed by atoms with E-state index in [0.717, 1.165) is 44.5 Å². The number of carbonyl (C=O) groups is 2. The maximum atomic E-state index is 12.6. The SMILES string of the molecule is O=C(Cc1ccc(O)cc1)N1CCC2(CCC(=O)N(C3CCCC3)C2)CC1. The van der Waals surface area contributed by atoms with E-state index >= 15 is 0 Å². The van der Waals surface area contributed by atoms with E-state index in [4.69, 9.17) is 0 Å². The molecule has 0 radical (unpaired) electrons. The number of benzene rings is 1. The van der Waals surface area contributed by atoms with Crippen molar-refractivity contribution in [3.63, 3.8) is 0 Å². The molecular formula is C22H30N2O3. The van der Waals surface area contributed by atoms with Gasteiger partial charge in [-0.1, -0.05) is 25.0 Å². The van der Waals surface area contributed by atoms with Crippen molar-refractivity contribution < 1.29 is 14.7 Å². The highest BCUT2D eigenvalue weighted by Gasteiger charge is 2.43. The first-order valence-electron chi connectivity index (χ1n) is 10.4. The molecule has 2 amide bonds. The number of piperidine rings is 2. The number of aromatic hydroxyl groups is 1. The predicted molar refractivity (Wildman–Crippen MR) is 103 cm³/mol. The fourth-order valence-corrected chi connectivity index (χ4v) is 5.13. The van der Waals surface area contributed by atoms with Gasteiger partial charge in [-0.15, -0.1) is 0 Å². The van der Waals surface area contributed by atoms with Crippen LogP contribution in [0.2, 0.25) is 0 Å². The van der Waals surface area contributed by atoms with Crippen LogP contribution in [0.3, 0.4) is 0 Å². The number of carbonyl (C=O) groups excluding carboxylic acids is 2. The Morgan fingerprint density at radius 2 is 1.74 bits per heavy atom. The van der Waals surface area contributed by atoms with E-state index in [2.05, 4.69) is 4.90 Å². The van der Waals surface area contributed by atoms with Crippen molar-refractivity contribution in [1.29, 1.82) is 0 Å². The van der Waals surface area contributed by atoms with Gasteiger partial charge in [-0.3, -0.25) is 9.59 Å². The molecular weight excluding hydrogens is 340 g/mol. The summed E-state index contributed by atoms with van der Waals surface area (Å²) in [7, 11) is 0. The molecule has 3 fully saturated rings. The Kier molecular flexibility index (Phi) is 5.11. The molecule has 0 atom stereocenters. The van der Waals surface area contributed by atoms with Crippen LogP contribution in [0.5, 0.6) is 5.75 Å². The lowest BCUT2D eigenvalue weighted by Crippen LogP contribution is -2.54. The quantitative estimate of drug-likeness (QED) is 0.889. The summed E-state index contributed by atoms with van der Waals surface area (Å²) in [6.45, 7) is 2.49. The maximum Gasteiger partial charge on any atom is 0.226 e. The standard InChI is InChI=1S/C22H30N2O3/c25-19-7-5-17(6-8-19)15-21(27)23-13-11-22(12-14-23)10-9-20(26)24(16-22)18-3-1-2-4-18/h5-8,18,25H,1-4,9-16H2. The Morgan fingerprint density at radius 3 is 2.41 bits per heavy atom. The van der Waals surface area contributed by atoms with Gasteiger partial charge in [0.1, 0.15) is 5.75 Å². The van der Waals surface area contributed by atoms with Crippen LogP contribution in [-0.2, 0) is 16.0 Å². The van der Waals surface area contributed by atoms with Crippen molar-refractivity contribution in [3.05, 3.63) is 29.8 Å². The highest BCUT2D eigenvalue weighted by Crippen LogP contribution is 2.42. The van der Waals surface area contributed by atoms with Crippen molar-refractivity contribution in [2.75, 3.05) is 19.6 Å². The number of amides is 2. The van der Waals surface area contributed by atoms with E-state index in [1.165, 1.54) is 25.7 Å². The smallest absolute Gasteiger partial charge is 0.226 e. The summed E-state index contributed by atoms with van der Waals surface area (Å²) < 4.78 is 0. The number of rotatable bonds is 3. The number of hydrogen-bond donors (Lipinski definition) is 1. The van der Waals surface area contributed by atoms with Crippen LogP contribution in [0, 0.1) is 5.41 Å².